The van der Waals surface area contributed by atoms with Crippen LogP contribution in [0.4, 0.5) is 8.78 Å². The van der Waals surface area contributed by atoms with E-state index in [9.17, 15) is 8.78 Å². The van der Waals surface area contributed by atoms with Gasteiger partial charge in [-0.1, -0.05) is 6.92 Å². The summed E-state index contributed by atoms with van der Waals surface area (Å²) in [6.07, 6.45) is 2.36. The van der Waals surface area contributed by atoms with Gasteiger partial charge >= 0.3 is 0 Å². The first-order chi connectivity index (χ1) is 4.75. The average Bonchev–Trinajstić information content (AvgIpc) is 1.95. The molecule has 0 unspecified atom stereocenters. The van der Waals surface area contributed by atoms with Crippen molar-refractivity contribution in [2.75, 3.05) is 0 Å². The fourth-order valence-corrected chi connectivity index (χ4v) is 0.581. The Kier molecular flexibility index (Phi) is 1.89. The summed E-state index contributed by atoms with van der Waals surface area (Å²) < 4.78 is 24.7. The van der Waals surface area contributed by atoms with Crippen molar-refractivity contribution in [3.8, 4) is 0 Å². The van der Waals surface area contributed by atoms with E-state index in [0.29, 0.717) is 6.42 Å². The van der Waals surface area contributed by atoms with Crippen molar-refractivity contribution in [3.63, 3.8) is 0 Å². The summed E-state index contributed by atoms with van der Waals surface area (Å²) in [5, 5.41) is 0. The van der Waals surface area contributed by atoms with Crippen LogP contribution in [0, 0.1) is 18.1 Å². The van der Waals surface area contributed by atoms with Crippen LogP contribution in [-0.2, 0) is 6.42 Å². The van der Waals surface area contributed by atoms with Crippen LogP contribution in [0.2, 0.25) is 0 Å². The molecule has 1 heterocycles. The molecule has 0 N–H and O–H groups in total. The predicted octanol–water partition coefficient (Wildman–Crippen LogP) is 1.12. The minimum absolute atomic E-state index is 0.0625. The lowest BCUT2D eigenvalue weighted by atomic mass is 10.3. The summed E-state index contributed by atoms with van der Waals surface area (Å²) in [6.45, 7) is 1.68. The molecule has 0 fully saturated rings. The van der Waals surface area contributed by atoms with Gasteiger partial charge in [0.15, 0.2) is 5.82 Å². The molecule has 1 aromatic heterocycles. The molecule has 0 bridgehead atoms. The summed E-state index contributed by atoms with van der Waals surface area (Å²) >= 11 is 0. The van der Waals surface area contributed by atoms with E-state index in [4.69, 9.17) is 0 Å². The topological polar surface area (TPSA) is 25.8 Å². The molecular weight excluding hydrogens is 138 g/mol. The van der Waals surface area contributed by atoms with Crippen molar-refractivity contribution in [3.05, 3.63) is 23.8 Å². The van der Waals surface area contributed by atoms with E-state index >= 15 is 0 Å². The van der Waals surface area contributed by atoms with Crippen molar-refractivity contribution >= 4 is 0 Å². The lowest BCUT2D eigenvalue weighted by molar-refractivity contribution is 0.462. The predicted molar refractivity (Wildman–Crippen MR) is 30.2 cm³/mol. The highest BCUT2D eigenvalue weighted by Crippen LogP contribution is 2.04. The van der Waals surface area contributed by atoms with Crippen LogP contribution >= 0.6 is 0 Å². The van der Waals surface area contributed by atoms with Gasteiger partial charge in [0.25, 0.3) is 5.95 Å². The molecule has 0 atom stereocenters. The van der Waals surface area contributed by atoms with E-state index in [2.05, 4.69) is 9.97 Å². The number of nitrogens with zero attached hydrogens (tertiary/aromatic N) is 2. The first-order valence-corrected chi connectivity index (χ1v) is 2.83. The molecule has 4 heteroatoms. The number of aromatic nitrogens is 2. The van der Waals surface area contributed by atoms with Gasteiger partial charge in [-0.3, -0.25) is 0 Å². The molecule has 0 saturated carbocycles. The summed E-state index contributed by atoms with van der Waals surface area (Å²) in [4.78, 5) is 6.32. The van der Waals surface area contributed by atoms with Gasteiger partial charge in [-0.15, -0.1) is 0 Å². The third-order valence-corrected chi connectivity index (χ3v) is 1.10. The highest BCUT2D eigenvalue weighted by molar-refractivity contribution is 5.02. The van der Waals surface area contributed by atoms with Crippen molar-refractivity contribution in [1.29, 1.82) is 0 Å². The summed E-state index contributed by atoms with van der Waals surface area (Å²) in [7, 11) is 0. The van der Waals surface area contributed by atoms with Gasteiger partial charge < -0.3 is 0 Å². The average molecular weight is 143 g/mol. The van der Waals surface area contributed by atoms with E-state index in [1.54, 1.807) is 6.92 Å². The Morgan fingerprint density at radius 1 is 1.40 bits per heavy atom. The number of halogens is 2. The molecule has 1 radical (unpaired) electrons. The van der Waals surface area contributed by atoms with E-state index in [1.165, 1.54) is 0 Å². The van der Waals surface area contributed by atoms with Gasteiger partial charge in [-0.2, -0.15) is 13.8 Å². The molecule has 0 aromatic carbocycles. The molecular formula is C6H5F2N2. The summed E-state index contributed by atoms with van der Waals surface area (Å²) in [5.41, 5.74) is 0.0625. The lowest BCUT2D eigenvalue weighted by Gasteiger charge is -1.94. The van der Waals surface area contributed by atoms with Crippen LogP contribution in [-0.4, -0.2) is 9.97 Å². The van der Waals surface area contributed by atoms with Crippen LogP contribution in [0.5, 0.6) is 0 Å². The second kappa shape index (κ2) is 2.68. The largest absolute Gasteiger partial charge is 0.252 e. The SMILES string of the molecule is CCc1n[c]nc(F)c1F. The molecule has 0 aliphatic heterocycles. The molecule has 0 amide bonds. The Hall–Kier alpha value is -1.06. The number of rotatable bonds is 1. The van der Waals surface area contributed by atoms with E-state index in [0.717, 1.165) is 0 Å². The lowest BCUT2D eigenvalue weighted by Crippen LogP contribution is -1.99. The van der Waals surface area contributed by atoms with Crippen molar-refractivity contribution in [2.24, 2.45) is 0 Å². The van der Waals surface area contributed by atoms with Crippen LogP contribution < -0.4 is 0 Å². The van der Waals surface area contributed by atoms with Gasteiger partial charge in [-0.05, 0) is 6.42 Å². The van der Waals surface area contributed by atoms with Gasteiger partial charge in [0.1, 0.15) is 0 Å². The minimum Gasteiger partial charge on any atom is -0.227 e. The van der Waals surface area contributed by atoms with Crippen LogP contribution in [0.1, 0.15) is 12.6 Å². The van der Waals surface area contributed by atoms with Crippen LogP contribution in [0.25, 0.3) is 0 Å². The fraction of sp³-hybridized carbons (Fsp3) is 0.333. The van der Waals surface area contributed by atoms with Crippen molar-refractivity contribution < 1.29 is 8.78 Å². The molecule has 0 spiro atoms. The normalized spacial score (nSPS) is 9.90. The minimum atomic E-state index is -1.13. The Morgan fingerprint density at radius 3 is 2.60 bits per heavy atom. The molecule has 0 saturated heterocycles. The Labute approximate surface area is 56.9 Å². The molecule has 0 aliphatic carbocycles. The van der Waals surface area contributed by atoms with E-state index in [-0.39, 0.29) is 5.69 Å². The Morgan fingerprint density at radius 2 is 2.10 bits per heavy atom. The van der Waals surface area contributed by atoms with E-state index in [1.807, 2.05) is 6.33 Å². The Bertz CT molecular complexity index is 237. The molecule has 1 rings (SSSR count). The number of hydrogen-bond acceptors (Lipinski definition) is 2. The van der Waals surface area contributed by atoms with E-state index < -0.39 is 11.8 Å². The standard InChI is InChI=1S/C6H5F2N2/c1-2-4-5(7)6(8)10-3-9-4/h2H2,1H3. The maximum absolute atomic E-state index is 12.5. The molecule has 53 valence electrons. The molecule has 2 nitrogen and oxygen atoms in total. The zero-order valence-electron chi connectivity index (χ0n) is 5.36. The zero-order valence-corrected chi connectivity index (χ0v) is 5.36. The first kappa shape index (κ1) is 7.05. The third-order valence-electron chi connectivity index (χ3n) is 1.10. The molecule has 1 aromatic rings. The highest BCUT2D eigenvalue weighted by Gasteiger charge is 2.07. The van der Waals surface area contributed by atoms with Crippen molar-refractivity contribution in [2.45, 2.75) is 13.3 Å². The highest BCUT2D eigenvalue weighted by atomic mass is 19.2. The Balaban J connectivity index is 3.14. The van der Waals surface area contributed by atoms with Crippen LogP contribution in [0.3, 0.4) is 0 Å². The maximum atomic E-state index is 12.5. The molecule has 0 aliphatic rings. The fourth-order valence-electron chi connectivity index (χ4n) is 0.581. The quantitative estimate of drug-likeness (QED) is 0.550. The first-order valence-electron chi connectivity index (χ1n) is 2.83. The monoisotopic (exact) mass is 143 g/mol. The number of aryl methyl sites for hydroxylation is 1. The van der Waals surface area contributed by atoms with Crippen molar-refractivity contribution in [1.82, 2.24) is 9.97 Å². The van der Waals surface area contributed by atoms with Gasteiger partial charge in [0.05, 0.1) is 5.69 Å². The smallest absolute Gasteiger partial charge is 0.227 e. The zero-order chi connectivity index (χ0) is 7.56. The number of hydrogen-bond donors (Lipinski definition) is 0. The van der Waals surface area contributed by atoms with Gasteiger partial charge in [-0.25, -0.2) is 4.98 Å². The third kappa shape index (κ3) is 1.10. The van der Waals surface area contributed by atoms with Crippen LogP contribution in [0.15, 0.2) is 0 Å². The summed E-state index contributed by atoms with van der Waals surface area (Å²) in [6, 6.07) is 0. The molecule has 10 heavy (non-hydrogen) atoms. The summed E-state index contributed by atoms with van der Waals surface area (Å²) in [5.74, 6) is -2.10. The van der Waals surface area contributed by atoms with Gasteiger partial charge in [0.2, 0.25) is 6.33 Å². The maximum Gasteiger partial charge on any atom is 0.252 e. The second-order valence-electron chi connectivity index (χ2n) is 1.73. The second-order valence-corrected chi connectivity index (χ2v) is 1.73. The van der Waals surface area contributed by atoms with Gasteiger partial charge in [0, 0.05) is 0 Å².